The van der Waals surface area contributed by atoms with Crippen LogP contribution in [0.5, 0.6) is 0 Å². The van der Waals surface area contributed by atoms with Crippen LogP contribution in [0, 0.1) is 23.7 Å². The molecule has 1 atom stereocenters. The highest BCUT2D eigenvalue weighted by atomic mass is 14.2. The minimum Gasteiger partial charge on any atom is -0.120 e. The second-order valence-corrected chi connectivity index (χ2v) is 3.79. The van der Waals surface area contributed by atoms with Crippen molar-refractivity contribution in [1.82, 2.24) is 0 Å². The number of terminal acetylenes is 1. The first-order valence-corrected chi connectivity index (χ1v) is 3.98. The average molecular weight is 138 g/mol. The van der Waals surface area contributed by atoms with Crippen LogP contribution in [0.25, 0.3) is 0 Å². The molecular formula is C10H18. The van der Waals surface area contributed by atoms with E-state index in [9.17, 15) is 0 Å². The zero-order valence-corrected chi connectivity index (χ0v) is 7.57. The summed E-state index contributed by atoms with van der Waals surface area (Å²) in [6.45, 7) is 8.85. The summed E-state index contributed by atoms with van der Waals surface area (Å²) >= 11 is 0. The molecule has 0 spiro atoms. The quantitative estimate of drug-likeness (QED) is 0.526. The first-order valence-electron chi connectivity index (χ1n) is 3.98. The molecule has 0 aromatic rings. The number of hydrogen-bond acceptors (Lipinski definition) is 0. The Labute approximate surface area is 65.0 Å². The zero-order chi connectivity index (χ0) is 8.20. The Morgan fingerprint density at radius 1 is 1.50 bits per heavy atom. The van der Waals surface area contributed by atoms with Gasteiger partial charge in [0.05, 0.1) is 0 Å². The highest BCUT2D eigenvalue weighted by molar-refractivity contribution is 4.92. The predicted molar refractivity (Wildman–Crippen MR) is 46.7 cm³/mol. The summed E-state index contributed by atoms with van der Waals surface area (Å²) < 4.78 is 0. The van der Waals surface area contributed by atoms with E-state index in [0.29, 0.717) is 11.3 Å². The predicted octanol–water partition coefficient (Wildman–Crippen LogP) is 3.08. The topological polar surface area (TPSA) is 0 Å². The lowest BCUT2D eigenvalue weighted by Gasteiger charge is -2.23. The molecule has 0 aromatic heterocycles. The molecule has 58 valence electrons. The van der Waals surface area contributed by atoms with Crippen LogP contribution in [0.3, 0.4) is 0 Å². The van der Waals surface area contributed by atoms with Crippen molar-refractivity contribution in [2.75, 3.05) is 0 Å². The first kappa shape index (κ1) is 9.56. The minimum atomic E-state index is 0.422. The Bertz CT molecular complexity index is 125. The number of rotatable bonds is 3. The van der Waals surface area contributed by atoms with Crippen molar-refractivity contribution in [1.29, 1.82) is 0 Å². The van der Waals surface area contributed by atoms with Gasteiger partial charge in [-0.1, -0.05) is 34.1 Å². The van der Waals surface area contributed by atoms with Crippen molar-refractivity contribution in [2.45, 2.75) is 40.5 Å². The highest BCUT2D eigenvalue weighted by Crippen LogP contribution is 2.28. The Kier molecular flexibility index (Phi) is 3.50. The summed E-state index contributed by atoms with van der Waals surface area (Å²) in [5.74, 6) is 3.18. The maximum Gasteiger partial charge on any atom is 0.0177 e. The molecule has 0 saturated heterocycles. The fourth-order valence-electron chi connectivity index (χ4n) is 1.03. The summed E-state index contributed by atoms with van der Waals surface area (Å²) in [4.78, 5) is 0. The average Bonchev–Trinajstić information content (AvgIpc) is 1.87. The molecule has 0 aromatic carbocycles. The SMILES string of the molecule is C#CC(C)CC(C)(C)CC. The van der Waals surface area contributed by atoms with Crippen molar-refractivity contribution in [3.63, 3.8) is 0 Å². The molecular weight excluding hydrogens is 120 g/mol. The summed E-state index contributed by atoms with van der Waals surface area (Å²) in [7, 11) is 0. The standard InChI is InChI=1S/C10H18/c1-6-9(3)8-10(4,5)7-2/h1,9H,7-8H2,2-5H3. The van der Waals surface area contributed by atoms with E-state index in [0.717, 1.165) is 6.42 Å². The van der Waals surface area contributed by atoms with Gasteiger partial charge in [-0.05, 0) is 11.8 Å². The van der Waals surface area contributed by atoms with E-state index < -0.39 is 0 Å². The monoisotopic (exact) mass is 138 g/mol. The van der Waals surface area contributed by atoms with Gasteiger partial charge in [0.25, 0.3) is 0 Å². The fourth-order valence-corrected chi connectivity index (χ4v) is 1.03. The normalized spacial score (nSPS) is 14.3. The molecule has 0 bridgehead atoms. The third-order valence-electron chi connectivity index (χ3n) is 2.10. The summed E-state index contributed by atoms with van der Waals surface area (Å²) in [6, 6.07) is 0. The van der Waals surface area contributed by atoms with Crippen molar-refractivity contribution >= 4 is 0 Å². The molecule has 0 rings (SSSR count). The van der Waals surface area contributed by atoms with E-state index in [1.165, 1.54) is 6.42 Å². The van der Waals surface area contributed by atoms with E-state index in [2.05, 4.69) is 33.6 Å². The lowest BCUT2D eigenvalue weighted by atomic mass is 9.81. The van der Waals surface area contributed by atoms with Gasteiger partial charge >= 0.3 is 0 Å². The molecule has 1 unspecified atom stereocenters. The van der Waals surface area contributed by atoms with Gasteiger partial charge in [-0.2, -0.15) is 0 Å². The van der Waals surface area contributed by atoms with Gasteiger partial charge in [0.2, 0.25) is 0 Å². The molecule has 10 heavy (non-hydrogen) atoms. The Morgan fingerprint density at radius 2 is 2.00 bits per heavy atom. The maximum absolute atomic E-state index is 5.28. The van der Waals surface area contributed by atoms with Crippen LogP contribution in [0.2, 0.25) is 0 Å². The van der Waals surface area contributed by atoms with E-state index in [4.69, 9.17) is 6.42 Å². The van der Waals surface area contributed by atoms with Crippen molar-refractivity contribution in [2.24, 2.45) is 11.3 Å². The zero-order valence-electron chi connectivity index (χ0n) is 7.57. The molecule has 0 amide bonds. The van der Waals surface area contributed by atoms with E-state index in [1.54, 1.807) is 0 Å². The molecule has 0 nitrogen and oxygen atoms in total. The molecule has 0 fully saturated rings. The number of hydrogen-bond donors (Lipinski definition) is 0. The summed E-state index contributed by atoms with van der Waals surface area (Å²) in [5.41, 5.74) is 0.422. The second kappa shape index (κ2) is 3.66. The second-order valence-electron chi connectivity index (χ2n) is 3.79. The van der Waals surface area contributed by atoms with Gasteiger partial charge in [-0.25, -0.2) is 0 Å². The molecule has 0 aliphatic rings. The summed E-state index contributed by atoms with van der Waals surface area (Å²) in [6.07, 6.45) is 7.63. The van der Waals surface area contributed by atoms with Crippen LogP contribution >= 0.6 is 0 Å². The van der Waals surface area contributed by atoms with Crippen LogP contribution < -0.4 is 0 Å². The largest absolute Gasteiger partial charge is 0.120 e. The van der Waals surface area contributed by atoms with Gasteiger partial charge in [-0.15, -0.1) is 12.3 Å². The molecule has 0 radical (unpaired) electrons. The lowest BCUT2D eigenvalue weighted by molar-refractivity contribution is 0.294. The molecule has 0 aliphatic carbocycles. The van der Waals surface area contributed by atoms with Crippen LogP contribution in [0.15, 0.2) is 0 Å². The van der Waals surface area contributed by atoms with Crippen LogP contribution in [0.1, 0.15) is 40.5 Å². The molecule has 0 heterocycles. The molecule has 0 aliphatic heterocycles. The van der Waals surface area contributed by atoms with Crippen LogP contribution in [-0.4, -0.2) is 0 Å². The van der Waals surface area contributed by atoms with Crippen molar-refractivity contribution in [3.8, 4) is 12.3 Å². The van der Waals surface area contributed by atoms with Gasteiger partial charge in [-0.3, -0.25) is 0 Å². The fraction of sp³-hybridized carbons (Fsp3) is 0.800. The van der Waals surface area contributed by atoms with Gasteiger partial charge in [0.15, 0.2) is 0 Å². The van der Waals surface area contributed by atoms with E-state index in [-0.39, 0.29) is 0 Å². The van der Waals surface area contributed by atoms with E-state index >= 15 is 0 Å². The van der Waals surface area contributed by atoms with Gasteiger partial charge < -0.3 is 0 Å². The Hall–Kier alpha value is -0.440. The Balaban J connectivity index is 3.79. The van der Waals surface area contributed by atoms with Crippen molar-refractivity contribution in [3.05, 3.63) is 0 Å². The minimum absolute atomic E-state index is 0.422. The van der Waals surface area contributed by atoms with Gasteiger partial charge in [0, 0.05) is 5.92 Å². The lowest BCUT2D eigenvalue weighted by Crippen LogP contribution is -2.13. The molecule has 0 saturated carbocycles. The van der Waals surface area contributed by atoms with Gasteiger partial charge in [0.1, 0.15) is 0 Å². The third kappa shape index (κ3) is 3.56. The molecule has 0 N–H and O–H groups in total. The van der Waals surface area contributed by atoms with E-state index in [1.807, 2.05) is 0 Å². The highest BCUT2D eigenvalue weighted by Gasteiger charge is 2.17. The maximum atomic E-state index is 5.28. The smallest absolute Gasteiger partial charge is 0.0177 e. The first-order chi connectivity index (χ1) is 4.52. The van der Waals surface area contributed by atoms with Crippen molar-refractivity contribution < 1.29 is 0 Å². The van der Waals surface area contributed by atoms with Crippen LogP contribution in [0.4, 0.5) is 0 Å². The Morgan fingerprint density at radius 3 is 2.30 bits per heavy atom. The van der Waals surface area contributed by atoms with Crippen LogP contribution in [-0.2, 0) is 0 Å². The molecule has 0 heteroatoms. The summed E-state index contributed by atoms with van der Waals surface area (Å²) in [5, 5.41) is 0. The third-order valence-corrected chi connectivity index (χ3v) is 2.10.